The van der Waals surface area contributed by atoms with Crippen molar-refractivity contribution in [2.75, 3.05) is 25.0 Å². The lowest BCUT2D eigenvalue weighted by molar-refractivity contribution is -0.198. The minimum Gasteiger partial charge on any atom is -0.482 e. The largest absolute Gasteiger partial charge is 0.482 e. The van der Waals surface area contributed by atoms with Crippen LogP contribution in [-0.4, -0.2) is 42.5 Å². The van der Waals surface area contributed by atoms with Gasteiger partial charge in [-0.15, -0.1) is 5.06 Å². The van der Waals surface area contributed by atoms with Crippen LogP contribution in [0.5, 0.6) is 5.75 Å². The molecule has 0 unspecified atom stereocenters. The molecule has 0 spiro atoms. The van der Waals surface area contributed by atoms with Crippen LogP contribution in [0, 0.1) is 13.8 Å². The molecule has 5 rings (SSSR count). The van der Waals surface area contributed by atoms with Crippen molar-refractivity contribution in [1.82, 2.24) is 5.06 Å². The Hall–Kier alpha value is -4.66. The molecule has 1 aliphatic carbocycles. The van der Waals surface area contributed by atoms with Crippen molar-refractivity contribution in [3.8, 4) is 28.2 Å². The number of hydrogen-bond acceptors (Lipinski definition) is 8. The summed E-state index contributed by atoms with van der Waals surface area (Å²) in [5.74, 6) is -0.712. The lowest BCUT2D eigenvalue weighted by Crippen LogP contribution is -2.33. The van der Waals surface area contributed by atoms with Crippen LogP contribution in [0.2, 0.25) is 0 Å². The van der Waals surface area contributed by atoms with Crippen molar-refractivity contribution < 1.29 is 28.4 Å². The molecule has 3 aliphatic rings. The molecule has 0 atom stereocenters. The summed E-state index contributed by atoms with van der Waals surface area (Å²) < 4.78 is 12.0. The Balaban J connectivity index is 1.50. The van der Waals surface area contributed by atoms with E-state index in [4.69, 9.17) is 14.0 Å². The van der Waals surface area contributed by atoms with Crippen molar-refractivity contribution in [2.45, 2.75) is 40.5 Å². The molecule has 206 valence electrons. The zero-order chi connectivity index (χ0) is 28.4. The zero-order valence-electron chi connectivity index (χ0n) is 23.0. The maximum atomic E-state index is 12.1. The Morgan fingerprint density at radius 1 is 1.00 bits per heavy atom. The van der Waals surface area contributed by atoms with Gasteiger partial charge in [0.1, 0.15) is 17.1 Å². The van der Waals surface area contributed by atoms with E-state index in [0.29, 0.717) is 17.4 Å². The minimum atomic E-state index is -0.829. The van der Waals surface area contributed by atoms with Gasteiger partial charge in [0.05, 0.1) is 5.36 Å². The zero-order valence-corrected chi connectivity index (χ0v) is 23.0. The third-order valence-electron chi connectivity index (χ3n) is 6.78. The van der Waals surface area contributed by atoms with E-state index in [-0.39, 0.29) is 12.8 Å². The summed E-state index contributed by atoms with van der Waals surface area (Å²) in [6, 6.07) is 15.7. The second kappa shape index (κ2) is 11.2. The smallest absolute Gasteiger partial charge is 0.370 e. The molecule has 2 aromatic rings. The summed E-state index contributed by atoms with van der Waals surface area (Å²) in [7, 11) is 0. The SMILES string of the molecule is CC/N=c1/cc2oc3cc(NCC)c(C)cc3c(-c3ccc(OCC(=O)ON4C(=O)CCC4=O)cc3)c-2cc1C. The summed E-state index contributed by atoms with van der Waals surface area (Å²) in [4.78, 5) is 45.0. The van der Waals surface area contributed by atoms with Gasteiger partial charge in [-0.25, -0.2) is 4.79 Å². The van der Waals surface area contributed by atoms with Gasteiger partial charge < -0.3 is 19.3 Å². The third-order valence-corrected chi connectivity index (χ3v) is 6.78. The highest BCUT2D eigenvalue weighted by Gasteiger charge is 2.33. The van der Waals surface area contributed by atoms with Crippen LogP contribution in [0.3, 0.4) is 0 Å². The first-order valence-electron chi connectivity index (χ1n) is 13.3. The number of fused-ring (bicyclic) bond motifs is 2. The predicted molar refractivity (Wildman–Crippen MR) is 151 cm³/mol. The van der Waals surface area contributed by atoms with Gasteiger partial charge in [-0.1, -0.05) is 12.1 Å². The monoisotopic (exact) mass is 541 g/mol. The number of benzene rings is 3. The highest BCUT2D eigenvalue weighted by Crippen LogP contribution is 2.42. The second-order valence-electron chi connectivity index (χ2n) is 9.64. The van der Waals surface area contributed by atoms with E-state index in [1.165, 1.54) is 0 Å². The maximum Gasteiger partial charge on any atom is 0.370 e. The second-order valence-corrected chi connectivity index (χ2v) is 9.64. The number of anilines is 1. The van der Waals surface area contributed by atoms with Gasteiger partial charge in [0.25, 0.3) is 11.8 Å². The molecule has 1 N–H and O–H groups in total. The van der Waals surface area contributed by atoms with Crippen LogP contribution in [0.4, 0.5) is 5.69 Å². The molecule has 9 heteroatoms. The Bertz CT molecular complexity index is 1640. The number of rotatable bonds is 8. The van der Waals surface area contributed by atoms with Crippen LogP contribution < -0.4 is 15.4 Å². The molecule has 2 aromatic carbocycles. The van der Waals surface area contributed by atoms with Gasteiger partial charge in [-0.2, -0.15) is 0 Å². The topological polar surface area (TPSA) is 110 Å². The maximum absolute atomic E-state index is 12.1. The van der Waals surface area contributed by atoms with Crippen molar-refractivity contribution in [2.24, 2.45) is 4.99 Å². The number of carbonyl (C=O) groups is 3. The molecule has 0 bridgehead atoms. The molecule has 9 nitrogen and oxygen atoms in total. The van der Waals surface area contributed by atoms with Crippen molar-refractivity contribution in [3.05, 3.63) is 65.0 Å². The van der Waals surface area contributed by atoms with Crippen LogP contribution >= 0.6 is 0 Å². The fraction of sp³-hybridized carbons (Fsp3) is 0.290. The highest BCUT2D eigenvalue weighted by atomic mass is 16.7. The van der Waals surface area contributed by atoms with Gasteiger partial charge in [0, 0.05) is 60.3 Å². The number of carbonyl (C=O) groups excluding carboxylic acids is 3. The quantitative estimate of drug-likeness (QED) is 0.242. The molecule has 0 saturated carbocycles. The molecule has 40 heavy (non-hydrogen) atoms. The number of nitrogens with zero attached hydrogens (tertiary/aromatic N) is 2. The van der Waals surface area contributed by atoms with E-state index in [1.807, 2.05) is 38.1 Å². The van der Waals surface area contributed by atoms with Crippen molar-refractivity contribution >= 4 is 34.4 Å². The number of ether oxygens (including phenoxy) is 1. The molecule has 2 heterocycles. The normalized spacial score (nSPS) is 13.9. The number of nitrogens with one attached hydrogen (secondary N) is 1. The van der Waals surface area contributed by atoms with Crippen LogP contribution in [-0.2, 0) is 19.2 Å². The molecule has 2 amide bonds. The average Bonchev–Trinajstić information content (AvgIpc) is 3.25. The molecular weight excluding hydrogens is 510 g/mol. The van der Waals surface area contributed by atoms with Crippen molar-refractivity contribution in [3.63, 3.8) is 0 Å². The van der Waals surface area contributed by atoms with Gasteiger partial charge in [0.2, 0.25) is 0 Å². The van der Waals surface area contributed by atoms with Crippen LogP contribution in [0.1, 0.15) is 37.8 Å². The summed E-state index contributed by atoms with van der Waals surface area (Å²) in [6.45, 7) is 9.21. The van der Waals surface area contributed by atoms with E-state index in [0.717, 1.165) is 62.1 Å². The first-order valence-corrected chi connectivity index (χ1v) is 13.3. The van der Waals surface area contributed by atoms with E-state index in [2.05, 4.69) is 36.3 Å². The lowest BCUT2D eigenvalue weighted by atomic mass is 9.91. The highest BCUT2D eigenvalue weighted by molar-refractivity contribution is 6.03. The Labute approximate surface area is 231 Å². The van der Waals surface area contributed by atoms with Gasteiger partial charge >= 0.3 is 5.97 Å². The Morgan fingerprint density at radius 3 is 2.40 bits per heavy atom. The molecule has 0 aromatic heterocycles. The van der Waals surface area contributed by atoms with Gasteiger partial charge in [-0.05, 0) is 68.7 Å². The standard InChI is InChI=1S/C31H31N3O6/c1-5-32-24-15-26-22(13-18(24)3)31(23-14-19(4)25(33-6-2)16-27(23)39-26)20-7-9-21(10-8-20)38-17-30(37)40-34-28(35)11-12-29(34)36/h7-10,13-16,32H,5-6,11-12,17H2,1-4H3/b33-25-. The predicted octanol–water partition coefficient (Wildman–Crippen LogP) is 5.16. The molecule has 0 radical (unpaired) electrons. The number of aryl methyl sites for hydroxylation is 2. The van der Waals surface area contributed by atoms with Gasteiger partial charge in [-0.3, -0.25) is 14.6 Å². The summed E-state index contributed by atoms with van der Waals surface area (Å²) >= 11 is 0. The number of amides is 2. The molecule has 1 fully saturated rings. The number of hydrogen-bond donors (Lipinski definition) is 1. The fourth-order valence-corrected chi connectivity index (χ4v) is 4.87. The summed E-state index contributed by atoms with van der Waals surface area (Å²) in [5.41, 5.74) is 6.86. The third kappa shape index (κ3) is 5.27. The van der Waals surface area contributed by atoms with E-state index in [1.54, 1.807) is 12.1 Å². The van der Waals surface area contributed by atoms with Crippen LogP contribution in [0.15, 0.2) is 57.9 Å². The van der Waals surface area contributed by atoms with E-state index in [9.17, 15) is 14.4 Å². The number of hydroxylamine groups is 2. The van der Waals surface area contributed by atoms with Gasteiger partial charge in [0.15, 0.2) is 6.61 Å². The van der Waals surface area contributed by atoms with E-state index < -0.39 is 24.4 Å². The summed E-state index contributed by atoms with van der Waals surface area (Å²) in [6.07, 6.45) is 0.0729. The Morgan fingerprint density at radius 2 is 1.73 bits per heavy atom. The average molecular weight is 542 g/mol. The first kappa shape index (κ1) is 26.9. The fourth-order valence-electron chi connectivity index (χ4n) is 4.87. The number of imide groups is 1. The molecular formula is C31H31N3O6. The molecule has 1 saturated heterocycles. The van der Waals surface area contributed by atoms with Crippen LogP contribution in [0.25, 0.3) is 33.4 Å². The van der Waals surface area contributed by atoms with E-state index >= 15 is 0 Å². The minimum absolute atomic E-state index is 0.0364. The first-order chi connectivity index (χ1) is 19.3. The Kier molecular flexibility index (Phi) is 7.55. The lowest BCUT2D eigenvalue weighted by Gasteiger charge is -2.18. The summed E-state index contributed by atoms with van der Waals surface area (Å²) in [5, 5.41) is 5.79. The molecule has 2 aliphatic heterocycles. The van der Waals surface area contributed by atoms with Crippen molar-refractivity contribution in [1.29, 1.82) is 0 Å².